The Morgan fingerprint density at radius 3 is 2.00 bits per heavy atom. The van der Waals surface area contributed by atoms with E-state index >= 15 is 0 Å². The summed E-state index contributed by atoms with van der Waals surface area (Å²) in [6.07, 6.45) is 7.31. The largest absolute Gasteiger partial charge is 0.326 e. The zero-order valence-electron chi connectivity index (χ0n) is 18.3. The van der Waals surface area contributed by atoms with E-state index in [0.29, 0.717) is 18.8 Å². The zero-order chi connectivity index (χ0) is 22.7. The maximum Gasteiger partial charge on any atom is 0.243 e. The van der Waals surface area contributed by atoms with E-state index in [4.69, 9.17) is 0 Å². The number of imide groups is 1. The maximum atomic E-state index is 12.9. The summed E-state index contributed by atoms with van der Waals surface area (Å²) in [7, 11) is -3.54. The number of amides is 3. The number of rotatable bonds is 6. The number of nitrogens with one attached hydrogen (secondary N) is 1. The van der Waals surface area contributed by atoms with Crippen LogP contribution in [0.25, 0.3) is 0 Å². The standard InChI is InChI=1S/C23H31N3O5S/c27-21(13-16-26-22(28)19-7-3-4-8-20(19)23(26)29)24-17-9-11-18(12-10-17)32(30,31)25-14-5-1-2-6-15-25/h9-12,19-20H,1-8,13-16H2,(H,24,27). The van der Waals surface area contributed by atoms with Crippen LogP contribution in [0.2, 0.25) is 0 Å². The van der Waals surface area contributed by atoms with E-state index in [1.54, 1.807) is 12.1 Å². The topological polar surface area (TPSA) is 104 Å². The average Bonchev–Trinajstić information content (AvgIpc) is 2.98. The van der Waals surface area contributed by atoms with Crippen LogP contribution in [0.5, 0.6) is 0 Å². The SMILES string of the molecule is O=C(CCN1C(=O)C2CCCCC2C1=O)Nc1ccc(S(=O)(=O)N2CCCCCC2)cc1. The van der Waals surface area contributed by atoms with Gasteiger partial charge in [0.15, 0.2) is 0 Å². The molecule has 0 aromatic heterocycles. The van der Waals surface area contributed by atoms with Gasteiger partial charge in [-0.1, -0.05) is 25.7 Å². The fraction of sp³-hybridized carbons (Fsp3) is 0.609. The Balaban J connectivity index is 1.32. The summed E-state index contributed by atoms with van der Waals surface area (Å²) >= 11 is 0. The Morgan fingerprint density at radius 1 is 0.875 bits per heavy atom. The predicted octanol–water partition coefficient (Wildman–Crippen LogP) is 2.76. The number of sulfonamides is 1. The minimum atomic E-state index is -3.54. The Morgan fingerprint density at radius 2 is 1.44 bits per heavy atom. The van der Waals surface area contributed by atoms with Crippen LogP contribution in [0.4, 0.5) is 5.69 Å². The predicted molar refractivity (Wildman–Crippen MR) is 119 cm³/mol. The summed E-state index contributed by atoms with van der Waals surface area (Å²) in [6, 6.07) is 6.16. The van der Waals surface area contributed by atoms with Crippen molar-refractivity contribution in [3.8, 4) is 0 Å². The quantitative estimate of drug-likeness (QED) is 0.656. The number of nitrogens with zero attached hydrogens (tertiary/aromatic N) is 2. The van der Waals surface area contributed by atoms with Crippen molar-refractivity contribution in [3.05, 3.63) is 24.3 Å². The van der Waals surface area contributed by atoms with Crippen LogP contribution >= 0.6 is 0 Å². The summed E-state index contributed by atoms with van der Waals surface area (Å²) < 4.78 is 27.3. The molecule has 2 heterocycles. The van der Waals surface area contributed by atoms with Gasteiger partial charge in [0.2, 0.25) is 27.7 Å². The normalized spacial score (nSPS) is 24.8. The van der Waals surface area contributed by atoms with Crippen molar-refractivity contribution in [2.24, 2.45) is 11.8 Å². The highest BCUT2D eigenvalue weighted by Crippen LogP contribution is 2.38. The second kappa shape index (κ2) is 9.70. The number of carbonyl (C=O) groups is 3. The van der Waals surface area contributed by atoms with Crippen molar-refractivity contribution in [2.75, 3.05) is 25.0 Å². The molecule has 4 rings (SSSR count). The molecule has 2 unspecified atom stereocenters. The molecule has 1 aliphatic carbocycles. The minimum Gasteiger partial charge on any atom is -0.326 e. The number of benzene rings is 1. The van der Waals surface area contributed by atoms with E-state index in [2.05, 4.69) is 5.32 Å². The molecule has 32 heavy (non-hydrogen) atoms. The fourth-order valence-corrected chi connectivity index (χ4v) is 6.55. The van der Waals surface area contributed by atoms with Crippen LogP contribution in [-0.4, -0.2) is 55.0 Å². The molecular weight excluding hydrogens is 430 g/mol. The van der Waals surface area contributed by atoms with Gasteiger partial charge in [-0.25, -0.2) is 8.42 Å². The average molecular weight is 462 g/mol. The van der Waals surface area contributed by atoms with Crippen LogP contribution < -0.4 is 5.32 Å². The number of fused-ring (bicyclic) bond motifs is 1. The van der Waals surface area contributed by atoms with Crippen LogP contribution in [0.1, 0.15) is 57.8 Å². The van der Waals surface area contributed by atoms with Crippen molar-refractivity contribution >= 4 is 33.4 Å². The first kappa shape index (κ1) is 22.9. The molecule has 174 valence electrons. The number of hydrogen-bond donors (Lipinski definition) is 1. The van der Waals surface area contributed by atoms with E-state index in [9.17, 15) is 22.8 Å². The van der Waals surface area contributed by atoms with E-state index in [1.807, 2.05) is 0 Å². The first-order chi connectivity index (χ1) is 15.4. The third-order valence-electron chi connectivity index (χ3n) is 6.84. The van der Waals surface area contributed by atoms with Crippen LogP contribution in [0, 0.1) is 11.8 Å². The first-order valence-corrected chi connectivity index (χ1v) is 13.1. The molecule has 2 aliphatic heterocycles. The molecule has 3 amide bonds. The highest BCUT2D eigenvalue weighted by molar-refractivity contribution is 7.89. The second-order valence-corrected chi connectivity index (χ2v) is 10.9. The van der Waals surface area contributed by atoms with Crippen molar-refractivity contribution in [3.63, 3.8) is 0 Å². The summed E-state index contributed by atoms with van der Waals surface area (Å²) in [5.74, 6) is -1.02. The highest BCUT2D eigenvalue weighted by Gasteiger charge is 2.47. The lowest BCUT2D eigenvalue weighted by Gasteiger charge is -2.20. The fourth-order valence-electron chi connectivity index (χ4n) is 5.03. The second-order valence-electron chi connectivity index (χ2n) is 8.97. The smallest absolute Gasteiger partial charge is 0.243 e. The molecule has 0 radical (unpaired) electrons. The zero-order valence-corrected chi connectivity index (χ0v) is 19.1. The van der Waals surface area contributed by atoms with Crippen molar-refractivity contribution in [2.45, 2.75) is 62.7 Å². The van der Waals surface area contributed by atoms with Gasteiger partial charge in [0.05, 0.1) is 16.7 Å². The van der Waals surface area contributed by atoms with Gasteiger partial charge < -0.3 is 5.32 Å². The lowest BCUT2D eigenvalue weighted by atomic mass is 9.81. The van der Waals surface area contributed by atoms with Gasteiger partial charge in [-0.05, 0) is 49.9 Å². The Labute approximate surface area is 189 Å². The molecule has 1 N–H and O–H groups in total. The molecule has 2 saturated heterocycles. The number of anilines is 1. The molecule has 2 atom stereocenters. The van der Waals surface area contributed by atoms with Gasteiger partial charge in [-0.2, -0.15) is 4.31 Å². The maximum absolute atomic E-state index is 12.9. The van der Waals surface area contributed by atoms with Gasteiger partial charge >= 0.3 is 0 Å². The highest BCUT2D eigenvalue weighted by atomic mass is 32.2. The summed E-state index contributed by atoms with van der Waals surface area (Å²) in [6.45, 7) is 1.16. The van der Waals surface area contributed by atoms with E-state index in [-0.39, 0.29) is 47.4 Å². The molecule has 1 saturated carbocycles. The van der Waals surface area contributed by atoms with E-state index in [0.717, 1.165) is 51.4 Å². The third-order valence-corrected chi connectivity index (χ3v) is 8.75. The lowest BCUT2D eigenvalue weighted by molar-refractivity contribution is -0.140. The Hall–Kier alpha value is -2.26. The molecule has 0 spiro atoms. The molecular formula is C23H31N3O5S. The van der Waals surface area contributed by atoms with E-state index in [1.165, 1.54) is 21.3 Å². The minimum absolute atomic E-state index is 0.0186. The molecule has 1 aromatic rings. The van der Waals surface area contributed by atoms with Gasteiger partial charge in [0.25, 0.3) is 0 Å². The summed E-state index contributed by atoms with van der Waals surface area (Å²) in [4.78, 5) is 38.9. The molecule has 8 nitrogen and oxygen atoms in total. The van der Waals surface area contributed by atoms with Crippen LogP contribution in [-0.2, 0) is 24.4 Å². The lowest BCUT2D eigenvalue weighted by Crippen LogP contribution is -2.34. The molecule has 0 bridgehead atoms. The van der Waals surface area contributed by atoms with Gasteiger partial charge in [-0.3, -0.25) is 19.3 Å². The number of hydrogen-bond acceptors (Lipinski definition) is 5. The van der Waals surface area contributed by atoms with Crippen molar-refractivity contribution in [1.29, 1.82) is 0 Å². The van der Waals surface area contributed by atoms with Crippen molar-refractivity contribution in [1.82, 2.24) is 9.21 Å². The van der Waals surface area contributed by atoms with Gasteiger partial charge in [-0.15, -0.1) is 0 Å². The molecule has 1 aromatic carbocycles. The number of carbonyl (C=O) groups excluding carboxylic acids is 3. The Kier molecular flexibility index (Phi) is 6.95. The third kappa shape index (κ3) is 4.73. The molecule has 9 heteroatoms. The van der Waals surface area contributed by atoms with Crippen molar-refractivity contribution < 1.29 is 22.8 Å². The van der Waals surface area contributed by atoms with E-state index < -0.39 is 10.0 Å². The van der Waals surface area contributed by atoms with Gasteiger partial charge in [0.1, 0.15) is 0 Å². The summed E-state index contributed by atoms with van der Waals surface area (Å²) in [5, 5.41) is 2.73. The molecule has 3 aliphatic rings. The first-order valence-electron chi connectivity index (χ1n) is 11.6. The Bertz CT molecular complexity index is 944. The molecule has 3 fully saturated rings. The monoisotopic (exact) mass is 461 g/mol. The summed E-state index contributed by atoms with van der Waals surface area (Å²) in [5.41, 5.74) is 0.484. The van der Waals surface area contributed by atoms with Crippen LogP contribution in [0.3, 0.4) is 0 Å². The number of likely N-dealkylation sites (tertiary alicyclic amines) is 1. The van der Waals surface area contributed by atoms with Crippen LogP contribution in [0.15, 0.2) is 29.2 Å². The van der Waals surface area contributed by atoms with Gasteiger partial charge in [0, 0.05) is 31.7 Å².